The van der Waals surface area contributed by atoms with E-state index in [1.54, 1.807) is 0 Å². The Kier molecular flexibility index (Phi) is 5.60. The molecule has 3 heteroatoms. The van der Waals surface area contributed by atoms with Crippen molar-refractivity contribution in [2.24, 2.45) is 5.92 Å². The molecule has 0 N–H and O–H groups in total. The van der Waals surface area contributed by atoms with Gasteiger partial charge in [0.1, 0.15) is 5.75 Å². The summed E-state index contributed by atoms with van der Waals surface area (Å²) < 4.78 is 34.3. The molecular weight excluding hydrogens is 270 g/mol. The molecule has 2 atom stereocenters. The SMILES string of the molecule is CCCOc1ccc(C2CCC(CCC)CC2(F)F)cc1. The van der Waals surface area contributed by atoms with Crippen molar-refractivity contribution in [3.63, 3.8) is 0 Å². The Balaban J connectivity index is 2.04. The van der Waals surface area contributed by atoms with Gasteiger partial charge in [0.05, 0.1) is 6.61 Å². The lowest BCUT2D eigenvalue weighted by atomic mass is 9.74. The fraction of sp³-hybridized carbons (Fsp3) is 0.667. The predicted octanol–water partition coefficient (Wildman–Crippen LogP) is 5.79. The molecule has 0 aliphatic heterocycles. The highest BCUT2D eigenvalue weighted by Gasteiger charge is 2.45. The molecule has 0 amide bonds. The lowest BCUT2D eigenvalue weighted by Crippen LogP contribution is -2.34. The second-order valence-electron chi connectivity index (χ2n) is 6.17. The molecule has 2 rings (SSSR count). The van der Waals surface area contributed by atoms with Crippen LogP contribution in [0, 0.1) is 5.92 Å². The Morgan fingerprint density at radius 2 is 1.81 bits per heavy atom. The summed E-state index contributed by atoms with van der Waals surface area (Å²) in [6, 6.07) is 7.26. The fourth-order valence-electron chi connectivity index (χ4n) is 3.32. The van der Waals surface area contributed by atoms with Gasteiger partial charge < -0.3 is 4.74 Å². The van der Waals surface area contributed by atoms with Crippen molar-refractivity contribution in [2.45, 2.75) is 64.2 Å². The molecule has 1 nitrogen and oxygen atoms in total. The number of rotatable bonds is 6. The van der Waals surface area contributed by atoms with Gasteiger partial charge in [-0.3, -0.25) is 0 Å². The zero-order valence-electron chi connectivity index (χ0n) is 13.1. The van der Waals surface area contributed by atoms with Gasteiger partial charge in [-0.1, -0.05) is 38.8 Å². The normalized spacial score (nSPS) is 24.8. The summed E-state index contributed by atoms with van der Waals surface area (Å²) in [4.78, 5) is 0. The smallest absolute Gasteiger partial charge is 0.255 e. The van der Waals surface area contributed by atoms with Crippen LogP contribution in [0.4, 0.5) is 8.78 Å². The van der Waals surface area contributed by atoms with E-state index in [1.165, 1.54) is 0 Å². The molecule has 1 aliphatic carbocycles. The number of alkyl halides is 2. The van der Waals surface area contributed by atoms with E-state index in [2.05, 4.69) is 6.92 Å². The Hall–Kier alpha value is -1.12. The minimum atomic E-state index is -2.58. The minimum Gasteiger partial charge on any atom is -0.494 e. The topological polar surface area (TPSA) is 9.23 Å². The number of ether oxygens (including phenoxy) is 1. The summed E-state index contributed by atoms with van der Waals surface area (Å²) in [7, 11) is 0. The van der Waals surface area contributed by atoms with Crippen LogP contribution in [0.15, 0.2) is 24.3 Å². The molecular formula is C18H26F2O. The van der Waals surface area contributed by atoms with Gasteiger partial charge in [-0.15, -0.1) is 0 Å². The van der Waals surface area contributed by atoms with Gasteiger partial charge in [-0.25, -0.2) is 8.78 Å². The van der Waals surface area contributed by atoms with E-state index in [1.807, 2.05) is 31.2 Å². The zero-order valence-corrected chi connectivity index (χ0v) is 13.1. The van der Waals surface area contributed by atoms with Crippen molar-refractivity contribution in [1.82, 2.24) is 0 Å². The first-order valence-corrected chi connectivity index (χ1v) is 8.17. The highest BCUT2D eigenvalue weighted by molar-refractivity contribution is 5.31. The molecule has 1 aliphatic rings. The number of benzene rings is 1. The van der Waals surface area contributed by atoms with E-state index >= 15 is 0 Å². The van der Waals surface area contributed by atoms with Gasteiger partial charge in [0.25, 0.3) is 5.92 Å². The highest BCUT2D eigenvalue weighted by Crippen LogP contribution is 2.48. The highest BCUT2D eigenvalue weighted by atomic mass is 19.3. The molecule has 1 aromatic carbocycles. The number of hydrogen-bond donors (Lipinski definition) is 0. The first kappa shape index (κ1) is 16.3. The predicted molar refractivity (Wildman–Crippen MR) is 82.2 cm³/mol. The quantitative estimate of drug-likeness (QED) is 0.645. The number of halogens is 2. The summed E-state index contributed by atoms with van der Waals surface area (Å²) in [5.41, 5.74) is 0.749. The lowest BCUT2D eigenvalue weighted by molar-refractivity contribution is -0.0736. The average Bonchev–Trinajstić information content (AvgIpc) is 2.45. The Bertz CT molecular complexity index is 427. The van der Waals surface area contributed by atoms with Gasteiger partial charge in [-0.2, -0.15) is 0 Å². The summed E-state index contributed by atoms with van der Waals surface area (Å²) in [5, 5.41) is 0. The first-order chi connectivity index (χ1) is 10.1. The largest absolute Gasteiger partial charge is 0.494 e. The Morgan fingerprint density at radius 1 is 1.10 bits per heavy atom. The van der Waals surface area contributed by atoms with Crippen molar-refractivity contribution < 1.29 is 13.5 Å². The van der Waals surface area contributed by atoms with Crippen LogP contribution >= 0.6 is 0 Å². The third-order valence-electron chi connectivity index (χ3n) is 4.39. The van der Waals surface area contributed by atoms with Crippen LogP contribution < -0.4 is 4.74 Å². The van der Waals surface area contributed by atoms with Crippen LogP contribution in [-0.4, -0.2) is 12.5 Å². The molecule has 0 radical (unpaired) electrons. The third-order valence-corrected chi connectivity index (χ3v) is 4.39. The minimum absolute atomic E-state index is 0.0413. The standard InChI is InChI=1S/C18H26F2O/c1-3-5-14-6-11-17(18(19,20)13-14)15-7-9-16(10-8-15)21-12-4-2/h7-10,14,17H,3-6,11-13H2,1-2H3. The molecule has 0 heterocycles. The monoisotopic (exact) mass is 296 g/mol. The molecule has 1 fully saturated rings. The maximum atomic E-state index is 14.4. The van der Waals surface area contributed by atoms with E-state index in [-0.39, 0.29) is 12.3 Å². The van der Waals surface area contributed by atoms with Gasteiger partial charge in [-0.05, 0) is 42.9 Å². The molecule has 0 aromatic heterocycles. The lowest BCUT2D eigenvalue weighted by Gasteiger charge is -2.36. The zero-order chi connectivity index (χ0) is 15.3. The summed E-state index contributed by atoms with van der Waals surface area (Å²) in [5.74, 6) is -2.26. The molecule has 2 unspecified atom stereocenters. The molecule has 21 heavy (non-hydrogen) atoms. The van der Waals surface area contributed by atoms with Gasteiger partial charge in [0.15, 0.2) is 0 Å². The van der Waals surface area contributed by atoms with Crippen molar-refractivity contribution >= 4 is 0 Å². The average molecular weight is 296 g/mol. The van der Waals surface area contributed by atoms with Crippen molar-refractivity contribution in [3.8, 4) is 5.75 Å². The second-order valence-corrected chi connectivity index (χ2v) is 6.17. The molecule has 0 saturated heterocycles. The maximum absolute atomic E-state index is 14.4. The Labute approximate surface area is 126 Å². The Morgan fingerprint density at radius 3 is 2.38 bits per heavy atom. The van der Waals surface area contributed by atoms with E-state index in [0.717, 1.165) is 37.0 Å². The summed E-state index contributed by atoms with van der Waals surface area (Å²) in [6.45, 7) is 4.78. The second kappa shape index (κ2) is 7.24. The molecule has 1 saturated carbocycles. The third kappa shape index (κ3) is 4.18. The van der Waals surface area contributed by atoms with E-state index < -0.39 is 11.8 Å². The molecule has 118 valence electrons. The van der Waals surface area contributed by atoms with Crippen LogP contribution in [0.25, 0.3) is 0 Å². The van der Waals surface area contributed by atoms with Gasteiger partial charge in [0, 0.05) is 12.3 Å². The summed E-state index contributed by atoms with van der Waals surface area (Å²) in [6.07, 6.45) is 4.41. The van der Waals surface area contributed by atoms with Crippen molar-refractivity contribution in [1.29, 1.82) is 0 Å². The molecule has 1 aromatic rings. The molecule has 0 spiro atoms. The van der Waals surface area contributed by atoms with Gasteiger partial charge >= 0.3 is 0 Å². The van der Waals surface area contributed by atoms with E-state index in [4.69, 9.17) is 4.74 Å². The summed E-state index contributed by atoms with van der Waals surface area (Å²) >= 11 is 0. The maximum Gasteiger partial charge on any atom is 0.255 e. The number of hydrogen-bond acceptors (Lipinski definition) is 1. The van der Waals surface area contributed by atoms with Crippen molar-refractivity contribution in [2.75, 3.05) is 6.61 Å². The van der Waals surface area contributed by atoms with Crippen LogP contribution in [0.5, 0.6) is 5.75 Å². The molecule has 0 bridgehead atoms. The van der Waals surface area contributed by atoms with E-state index in [0.29, 0.717) is 13.0 Å². The van der Waals surface area contributed by atoms with Gasteiger partial charge in [0.2, 0.25) is 0 Å². The fourth-order valence-corrected chi connectivity index (χ4v) is 3.32. The van der Waals surface area contributed by atoms with Crippen LogP contribution in [0.3, 0.4) is 0 Å². The van der Waals surface area contributed by atoms with E-state index in [9.17, 15) is 8.78 Å². The van der Waals surface area contributed by atoms with Crippen LogP contribution in [0.2, 0.25) is 0 Å². The first-order valence-electron chi connectivity index (χ1n) is 8.17. The van der Waals surface area contributed by atoms with Crippen LogP contribution in [-0.2, 0) is 0 Å². The van der Waals surface area contributed by atoms with Crippen LogP contribution in [0.1, 0.15) is 63.9 Å². The van der Waals surface area contributed by atoms with Crippen molar-refractivity contribution in [3.05, 3.63) is 29.8 Å².